The first-order valence-corrected chi connectivity index (χ1v) is 9.13. The number of hydrogen-bond donors (Lipinski definition) is 1. The summed E-state index contributed by atoms with van der Waals surface area (Å²) in [6.07, 6.45) is -2.11. The normalized spacial score (nSPS) is 11.5. The average Bonchev–Trinajstić information content (AvgIpc) is 3.09. The minimum absolute atomic E-state index is 0.00362. The molecule has 0 aliphatic rings. The fourth-order valence-corrected chi connectivity index (χ4v) is 3.12. The lowest BCUT2D eigenvalue weighted by Gasteiger charge is -2.13. The molecule has 164 valence electrons. The Hall–Kier alpha value is -4.22. The molecule has 1 aromatic carbocycles. The Labute approximate surface area is 178 Å². The second-order valence-electron chi connectivity index (χ2n) is 6.64. The molecule has 0 bridgehead atoms. The molecule has 4 rings (SSSR count). The number of halogens is 3. The number of nitrogens with one attached hydrogen (secondary N) is 1. The maximum Gasteiger partial charge on any atom is 0.471 e. The third-order valence-electron chi connectivity index (χ3n) is 4.60. The molecule has 9 nitrogen and oxygen atoms in total. The van der Waals surface area contributed by atoms with E-state index in [0.717, 1.165) is 4.68 Å². The number of ether oxygens (including phenoxy) is 1. The van der Waals surface area contributed by atoms with E-state index < -0.39 is 23.5 Å². The maximum absolute atomic E-state index is 13.5. The molecule has 0 fully saturated rings. The molecule has 0 saturated carbocycles. The monoisotopic (exact) mass is 444 g/mol. The number of carbonyl (C=O) groups is 1. The van der Waals surface area contributed by atoms with Crippen molar-refractivity contribution < 1.29 is 22.7 Å². The van der Waals surface area contributed by atoms with Gasteiger partial charge in [0.15, 0.2) is 17.3 Å². The number of anilines is 1. The number of nitrogens with zero attached hydrogens (tertiary/aromatic N) is 5. The van der Waals surface area contributed by atoms with Crippen LogP contribution >= 0.6 is 0 Å². The van der Waals surface area contributed by atoms with Crippen molar-refractivity contribution in [3.05, 3.63) is 59.1 Å². The van der Waals surface area contributed by atoms with Gasteiger partial charge in [0.1, 0.15) is 11.1 Å². The quantitative estimate of drug-likeness (QED) is 0.519. The van der Waals surface area contributed by atoms with Crippen molar-refractivity contribution in [3.63, 3.8) is 0 Å². The molecule has 0 aliphatic heterocycles. The lowest BCUT2D eigenvalue weighted by Crippen LogP contribution is -2.31. The third kappa shape index (κ3) is 3.66. The van der Waals surface area contributed by atoms with Crippen LogP contribution in [0.1, 0.15) is 0 Å². The van der Waals surface area contributed by atoms with E-state index in [-0.39, 0.29) is 16.9 Å². The van der Waals surface area contributed by atoms with E-state index >= 15 is 0 Å². The largest absolute Gasteiger partial charge is 0.497 e. The van der Waals surface area contributed by atoms with Gasteiger partial charge in [0.2, 0.25) is 0 Å². The zero-order valence-corrected chi connectivity index (χ0v) is 16.7. The van der Waals surface area contributed by atoms with E-state index in [2.05, 4.69) is 15.1 Å². The van der Waals surface area contributed by atoms with Crippen molar-refractivity contribution >= 4 is 22.8 Å². The Kier molecular flexibility index (Phi) is 5.12. The number of hydrogen-bond acceptors (Lipinski definition) is 6. The van der Waals surface area contributed by atoms with Gasteiger partial charge in [0, 0.05) is 25.0 Å². The van der Waals surface area contributed by atoms with Gasteiger partial charge in [0.25, 0.3) is 5.56 Å². The standard InChI is InChI=1S/C20H15F3N6O3/c1-28-17-14(15(27-28)25-19(31)20(21,22)23)18(30)29(12-5-7-13(32-2)8-6-12)16(26-17)11-4-3-9-24-10-11/h3-10H,1-2H3,(H,25,27,31). The zero-order chi connectivity index (χ0) is 23.0. The predicted molar refractivity (Wildman–Crippen MR) is 109 cm³/mol. The van der Waals surface area contributed by atoms with E-state index in [1.54, 1.807) is 47.9 Å². The topological polar surface area (TPSA) is 104 Å². The van der Waals surface area contributed by atoms with Gasteiger partial charge >= 0.3 is 12.1 Å². The summed E-state index contributed by atoms with van der Waals surface area (Å²) in [5.74, 6) is -2.05. The fraction of sp³-hybridized carbons (Fsp3) is 0.150. The zero-order valence-electron chi connectivity index (χ0n) is 16.7. The molecule has 1 N–H and O–H groups in total. The number of benzene rings is 1. The Morgan fingerprint density at radius 3 is 2.47 bits per heavy atom. The molecule has 12 heteroatoms. The van der Waals surface area contributed by atoms with Crippen LogP contribution in [0.4, 0.5) is 19.0 Å². The summed E-state index contributed by atoms with van der Waals surface area (Å²) in [5.41, 5.74) is 0.145. The van der Waals surface area contributed by atoms with Gasteiger partial charge in [0.05, 0.1) is 12.8 Å². The number of amides is 1. The van der Waals surface area contributed by atoms with Gasteiger partial charge in [-0.05, 0) is 36.4 Å². The highest BCUT2D eigenvalue weighted by atomic mass is 19.4. The molecular weight excluding hydrogens is 429 g/mol. The summed E-state index contributed by atoms with van der Waals surface area (Å²) in [7, 11) is 2.89. The maximum atomic E-state index is 13.5. The van der Waals surface area contributed by atoms with Crippen LogP contribution in [-0.4, -0.2) is 43.5 Å². The number of methoxy groups -OCH3 is 1. The van der Waals surface area contributed by atoms with Crippen LogP contribution in [0.2, 0.25) is 0 Å². The lowest BCUT2D eigenvalue weighted by atomic mass is 10.2. The van der Waals surface area contributed by atoms with E-state index in [0.29, 0.717) is 17.0 Å². The number of aromatic nitrogens is 5. The van der Waals surface area contributed by atoms with Crippen molar-refractivity contribution in [2.75, 3.05) is 12.4 Å². The lowest BCUT2D eigenvalue weighted by molar-refractivity contribution is -0.167. The molecule has 0 saturated heterocycles. The minimum Gasteiger partial charge on any atom is -0.497 e. The second kappa shape index (κ2) is 7.80. The van der Waals surface area contributed by atoms with Crippen molar-refractivity contribution in [2.45, 2.75) is 6.18 Å². The Morgan fingerprint density at radius 1 is 1.16 bits per heavy atom. The highest BCUT2D eigenvalue weighted by Crippen LogP contribution is 2.26. The Morgan fingerprint density at radius 2 is 1.88 bits per heavy atom. The molecule has 3 aromatic heterocycles. The van der Waals surface area contributed by atoms with E-state index in [1.807, 2.05) is 0 Å². The summed E-state index contributed by atoms with van der Waals surface area (Å²) >= 11 is 0. The third-order valence-corrected chi connectivity index (χ3v) is 4.60. The van der Waals surface area contributed by atoms with Crippen LogP contribution < -0.4 is 15.6 Å². The van der Waals surface area contributed by atoms with E-state index in [1.165, 1.54) is 24.9 Å². The van der Waals surface area contributed by atoms with Crippen LogP contribution in [0.25, 0.3) is 28.1 Å². The summed E-state index contributed by atoms with van der Waals surface area (Å²) in [4.78, 5) is 33.5. The SMILES string of the molecule is COc1ccc(-n2c(-c3cccnc3)nc3c(c(NC(=O)C(F)(F)F)nn3C)c2=O)cc1. The fourth-order valence-electron chi connectivity index (χ4n) is 3.12. The highest BCUT2D eigenvalue weighted by molar-refractivity contribution is 6.01. The van der Waals surface area contributed by atoms with Crippen LogP contribution in [0.15, 0.2) is 53.6 Å². The van der Waals surface area contributed by atoms with Crippen molar-refractivity contribution in [1.82, 2.24) is 24.3 Å². The first kappa shape index (κ1) is 21.0. The van der Waals surface area contributed by atoms with Gasteiger partial charge in [-0.2, -0.15) is 18.3 Å². The Balaban J connectivity index is 2.02. The van der Waals surface area contributed by atoms with E-state index in [4.69, 9.17) is 4.74 Å². The van der Waals surface area contributed by atoms with Crippen molar-refractivity contribution in [1.29, 1.82) is 0 Å². The van der Waals surface area contributed by atoms with Crippen LogP contribution in [0.5, 0.6) is 5.75 Å². The van der Waals surface area contributed by atoms with Gasteiger partial charge in [-0.1, -0.05) is 0 Å². The molecule has 0 aliphatic carbocycles. The first-order valence-electron chi connectivity index (χ1n) is 9.13. The van der Waals surface area contributed by atoms with Gasteiger partial charge in [-0.15, -0.1) is 0 Å². The summed E-state index contributed by atoms with van der Waals surface area (Å²) in [6, 6.07) is 9.77. The highest BCUT2D eigenvalue weighted by Gasteiger charge is 2.39. The van der Waals surface area contributed by atoms with Crippen molar-refractivity contribution in [2.24, 2.45) is 7.05 Å². The predicted octanol–water partition coefficient (Wildman–Crippen LogP) is 2.69. The number of rotatable bonds is 4. The molecule has 0 radical (unpaired) electrons. The molecule has 3 heterocycles. The molecular formula is C20H15F3N6O3. The van der Waals surface area contributed by atoms with Gasteiger partial charge < -0.3 is 10.1 Å². The number of alkyl halides is 3. The minimum atomic E-state index is -5.15. The average molecular weight is 444 g/mol. The summed E-state index contributed by atoms with van der Waals surface area (Å²) in [5, 5.41) is 5.27. The molecule has 32 heavy (non-hydrogen) atoms. The molecule has 1 amide bonds. The number of pyridine rings is 1. The number of carbonyl (C=O) groups excluding carboxylic acids is 1. The summed E-state index contributed by atoms with van der Waals surface area (Å²) in [6.45, 7) is 0. The van der Waals surface area contributed by atoms with Gasteiger partial charge in [-0.3, -0.25) is 19.1 Å². The molecule has 4 aromatic rings. The smallest absolute Gasteiger partial charge is 0.471 e. The summed E-state index contributed by atoms with van der Waals surface area (Å²) < 4.78 is 45.8. The van der Waals surface area contributed by atoms with Crippen molar-refractivity contribution in [3.8, 4) is 22.8 Å². The van der Waals surface area contributed by atoms with Gasteiger partial charge in [-0.25, -0.2) is 9.67 Å². The van der Waals surface area contributed by atoms with Crippen LogP contribution in [-0.2, 0) is 11.8 Å². The van der Waals surface area contributed by atoms with Crippen LogP contribution in [0.3, 0.4) is 0 Å². The molecule has 0 spiro atoms. The van der Waals surface area contributed by atoms with Crippen LogP contribution in [0, 0.1) is 0 Å². The molecule has 0 unspecified atom stereocenters. The number of fused-ring (bicyclic) bond motifs is 1. The Bertz CT molecular complexity index is 1360. The first-order chi connectivity index (χ1) is 15.2. The molecule has 0 atom stereocenters. The number of aryl methyl sites for hydroxylation is 1. The van der Waals surface area contributed by atoms with E-state index in [9.17, 15) is 22.8 Å². The second-order valence-corrected chi connectivity index (χ2v) is 6.64.